The van der Waals surface area contributed by atoms with E-state index in [9.17, 15) is 9.59 Å². The quantitative estimate of drug-likeness (QED) is 0.688. The van der Waals surface area contributed by atoms with Crippen molar-refractivity contribution in [2.24, 2.45) is 7.05 Å². The van der Waals surface area contributed by atoms with Crippen LogP contribution in [0.15, 0.2) is 30.6 Å². The highest BCUT2D eigenvalue weighted by Crippen LogP contribution is 2.24. The maximum Gasteiger partial charge on any atom is 0.249 e. The maximum absolute atomic E-state index is 12.4. The number of imidazole rings is 1. The normalized spacial score (nSPS) is 10.2. The lowest BCUT2D eigenvalue weighted by atomic mass is 10.1. The monoisotopic (exact) mass is 293 g/mol. The summed E-state index contributed by atoms with van der Waals surface area (Å²) in [6.07, 6.45) is 3.18. The van der Waals surface area contributed by atoms with Crippen LogP contribution in [0.1, 0.15) is 23.1 Å². The first-order valence-electron chi connectivity index (χ1n) is 5.74. The number of carbonyl (C=O) groups excluding carboxylic acids is 2. The van der Waals surface area contributed by atoms with Gasteiger partial charge < -0.3 is 9.40 Å². The van der Waals surface area contributed by atoms with Gasteiger partial charge in [0.05, 0.1) is 5.56 Å². The number of hydrogen-bond acceptors (Lipinski definition) is 4. The summed E-state index contributed by atoms with van der Waals surface area (Å²) in [5.41, 5.74) is 2.40. The smallest absolute Gasteiger partial charge is 0.249 e. The SMILES string of the molecule is CC(=O)NOc1ccc(Cl)cc1C(=O)c1nccn1C. The van der Waals surface area contributed by atoms with Crippen LogP contribution < -0.4 is 10.3 Å². The van der Waals surface area contributed by atoms with E-state index in [4.69, 9.17) is 16.4 Å². The second-order valence-electron chi connectivity index (χ2n) is 4.09. The third-order valence-corrected chi connectivity index (χ3v) is 2.75. The number of benzene rings is 1. The lowest BCUT2D eigenvalue weighted by Gasteiger charge is -2.10. The summed E-state index contributed by atoms with van der Waals surface area (Å²) in [6.45, 7) is 1.30. The molecule has 0 aliphatic carbocycles. The molecule has 2 rings (SSSR count). The van der Waals surface area contributed by atoms with Crippen LogP contribution in [0.25, 0.3) is 0 Å². The topological polar surface area (TPSA) is 73.2 Å². The van der Waals surface area contributed by atoms with Crippen molar-refractivity contribution in [3.05, 3.63) is 47.0 Å². The molecular weight excluding hydrogens is 282 g/mol. The molecule has 0 saturated heterocycles. The van der Waals surface area contributed by atoms with E-state index in [0.717, 1.165) is 0 Å². The third kappa shape index (κ3) is 2.97. The number of nitrogens with zero attached hydrogens (tertiary/aromatic N) is 2. The van der Waals surface area contributed by atoms with Crippen molar-refractivity contribution < 1.29 is 14.4 Å². The number of ketones is 1. The molecule has 20 heavy (non-hydrogen) atoms. The van der Waals surface area contributed by atoms with Gasteiger partial charge in [-0.2, -0.15) is 5.48 Å². The molecule has 7 heteroatoms. The van der Waals surface area contributed by atoms with Crippen molar-refractivity contribution >= 4 is 23.3 Å². The summed E-state index contributed by atoms with van der Waals surface area (Å²) in [6, 6.07) is 4.54. The molecule has 2 aromatic rings. The van der Waals surface area contributed by atoms with Gasteiger partial charge in [-0.05, 0) is 18.2 Å². The summed E-state index contributed by atoms with van der Waals surface area (Å²) in [5, 5.41) is 0.387. The van der Waals surface area contributed by atoms with Crippen LogP contribution in [-0.2, 0) is 11.8 Å². The predicted molar refractivity (Wildman–Crippen MR) is 72.5 cm³/mol. The number of hydrogen-bond donors (Lipinski definition) is 1. The number of nitrogens with one attached hydrogen (secondary N) is 1. The lowest BCUT2D eigenvalue weighted by molar-refractivity contribution is -0.125. The molecule has 0 saturated carbocycles. The molecular formula is C13H12ClN3O3. The van der Waals surface area contributed by atoms with E-state index in [1.165, 1.54) is 25.3 Å². The molecule has 0 spiro atoms. The van der Waals surface area contributed by atoms with Crippen molar-refractivity contribution in [1.29, 1.82) is 0 Å². The molecule has 0 fully saturated rings. The Labute approximate surface area is 120 Å². The van der Waals surface area contributed by atoms with Gasteiger partial charge in [0, 0.05) is 31.4 Å². The van der Waals surface area contributed by atoms with E-state index in [1.54, 1.807) is 23.9 Å². The van der Waals surface area contributed by atoms with Gasteiger partial charge in [0.25, 0.3) is 0 Å². The third-order valence-electron chi connectivity index (χ3n) is 2.52. The molecule has 0 unspecified atom stereocenters. The molecule has 104 valence electrons. The fourth-order valence-corrected chi connectivity index (χ4v) is 1.77. The standard InChI is InChI=1S/C13H12ClN3O3/c1-8(18)16-20-11-4-3-9(14)7-10(11)12(19)13-15-5-6-17(13)2/h3-7H,1-2H3,(H,16,18). The molecule has 1 aromatic heterocycles. The van der Waals surface area contributed by atoms with Gasteiger partial charge in [-0.15, -0.1) is 0 Å². The number of aryl methyl sites for hydroxylation is 1. The Kier molecular flexibility index (Phi) is 4.05. The minimum atomic E-state index is -0.379. The zero-order valence-electron chi connectivity index (χ0n) is 10.9. The Morgan fingerprint density at radius 2 is 2.15 bits per heavy atom. The van der Waals surface area contributed by atoms with Crippen molar-refractivity contribution in [3.63, 3.8) is 0 Å². The Bertz CT molecular complexity index is 667. The summed E-state index contributed by atoms with van der Waals surface area (Å²) in [7, 11) is 1.71. The van der Waals surface area contributed by atoms with Crippen LogP contribution in [-0.4, -0.2) is 21.2 Å². The first-order chi connectivity index (χ1) is 9.49. The summed E-state index contributed by atoms with van der Waals surface area (Å²) < 4.78 is 1.59. The van der Waals surface area contributed by atoms with Crippen molar-refractivity contribution in [2.45, 2.75) is 6.92 Å². The van der Waals surface area contributed by atoms with E-state index in [0.29, 0.717) is 5.02 Å². The largest absolute Gasteiger partial charge is 0.379 e. The number of aromatic nitrogens is 2. The molecule has 1 aromatic carbocycles. The van der Waals surface area contributed by atoms with Gasteiger partial charge in [0.1, 0.15) is 0 Å². The lowest BCUT2D eigenvalue weighted by Crippen LogP contribution is -2.25. The minimum Gasteiger partial charge on any atom is -0.379 e. The maximum atomic E-state index is 12.4. The highest BCUT2D eigenvalue weighted by atomic mass is 35.5. The second kappa shape index (κ2) is 5.75. The van der Waals surface area contributed by atoms with E-state index in [2.05, 4.69) is 10.5 Å². The van der Waals surface area contributed by atoms with E-state index >= 15 is 0 Å². The summed E-state index contributed by atoms with van der Waals surface area (Å²) in [4.78, 5) is 32.4. The molecule has 1 heterocycles. The van der Waals surface area contributed by atoms with Gasteiger partial charge >= 0.3 is 0 Å². The first kappa shape index (κ1) is 14.1. The zero-order valence-corrected chi connectivity index (χ0v) is 11.6. The average Bonchev–Trinajstić information content (AvgIpc) is 2.82. The molecule has 0 aliphatic rings. The Hall–Kier alpha value is -2.34. The van der Waals surface area contributed by atoms with Crippen LogP contribution >= 0.6 is 11.6 Å². The fraction of sp³-hybridized carbons (Fsp3) is 0.154. The highest BCUT2D eigenvalue weighted by molar-refractivity contribution is 6.31. The molecule has 1 amide bonds. The molecule has 0 aliphatic heterocycles. The van der Waals surface area contributed by atoms with Crippen molar-refractivity contribution in [1.82, 2.24) is 15.0 Å². The van der Waals surface area contributed by atoms with E-state index in [1.807, 2.05) is 0 Å². The van der Waals surface area contributed by atoms with Crippen LogP contribution in [0.3, 0.4) is 0 Å². The van der Waals surface area contributed by atoms with E-state index in [-0.39, 0.29) is 28.8 Å². The number of hydroxylamine groups is 1. The molecule has 0 atom stereocenters. The highest BCUT2D eigenvalue weighted by Gasteiger charge is 2.19. The first-order valence-corrected chi connectivity index (χ1v) is 6.12. The van der Waals surface area contributed by atoms with E-state index < -0.39 is 0 Å². The van der Waals surface area contributed by atoms with Crippen molar-refractivity contribution in [2.75, 3.05) is 0 Å². The fourth-order valence-electron chi connectivity index (χ4n) is 1.60. The van der Waals surface area contributed by atoms with Gasteiger partial charge in [-0.3, -0.25) is 9.59 Å². The van der Waals surface area contributed by atoms with Crippen LogP contribution in [0, 0.1) is 0 Å². The summed E-state index contributed by atoms with van der Waals surface area (Å²) in [5.74, 6) is -0.270. The number of halogens is 1. The number of carbonyl (C=O) groups is 2. The van der Waals surface area contributed by atoms with Gasteiger partial charge in [0.15, 0.2) is 11.6 Å². The Balaban J connectivity index is 2.39. The second-order valence-corrected chi connectivity index (χ2v) is 4.53. The Morgan fingerprint density at radius 3 is 2.75 bits per heavy atom. The minimum absolute atomic E-state index is 0.206. The average molecular weight is 294 g/mol. The molecule has 0 radical (unpaired) electrons. The van der Waals surface area contributed by atoms with Crippen LogP contribution in [0.2, 0.25) is 5.02 Å². The van der Waals surface area contributed by atoms with Crippen molar-refractivity contribution in [3.8, 4) is 5.75 Å². The van der Waals surface area contributed by atoms with Gasteiger partial charge in [-0.25, -0.2) is 4.98 Å². The summed E-state index contributed by atoms with van der Waals surface area (Å²) >= 11 is 5.90. The molecule has 0 bridgehead atoms. The van der Waals surface area contributed by atoms with Crippen LogP contribution in [0.4, 0.5) is 0 Å². The molecule has 6 nitrogen and oxygen atoms in total. The van der Waals surface area contributed by atoms with Crippen LogP contribution in [0.5, 0.6) is 5.75 Å². The Morgan fingerprint density at radius 1 is 1.40 bits per heavy atom. The van der Waals surface area contributed by atoms with Gasteiger partial charge in [0.2, 0.25) is 11.7 Å². The molecule has 1 N–H and O–H groups in total. The predicted octanol–water partition coefficient (Wildman–Crippen LogP) is 1.73. The number of amides is 1. The van der Waals surface area contributed by atoms with Gasteiger partial charge in [-0.1, -0.05) is 11.6 Å². The number of rotatable bonds is 4. The zero-order chi connectivity index (χ0) is 14.7.